The van der Waals surface area contributed by atoms with Crippen molar-refractivity contribution in [2.75, 3.05) is 18.5 Å². The van der Waals surface area contributed by atoms with E-state index < -0.39 is 0 Å². The van der Waals surface area contributed by atoms with Crippen LogP contribution in [-0.4, -0.2) is 24.2 Å². The molecule has 5 nitrogen and oxygen atoms in total. The molecule has 2 aromatic rings. The van der Waals surface area contributed by atoms with Gasteiger partial charge in [-0.2, -0.15) is 0 Å². The van der Waals surface area contributed by atoms with E-state index in [1.807, 2.05) is 32.2 Å². The zero-order valence-electron chi connectivity index (χ0n) is 11.0. The molecule has 1 aromatic heterocycles. The number of hydrogen-bond donors (Lipinski definition) is 1. The predicted molar refractivity (Wildman–Crippen MR) is 73.0 cm³/mol. The Balaban J connectivity index is 2.27. The molecule has 5 heteroatoms. The minimum atomic E-state index is -0.333. The zero-order valence-corrected chi connectivity index (χ0v) is 11.0. The largest absolute Gasteiger partial charge is 0.419 e. The molecule has 2 rings (SSSR count). The molecule has 0 radical (unpaired) electrons. The number of hydrogen-bond acceptors (Lipinski definition) is 4. The van der Waals surface area contributed by atoms with Crippen molar-refractivity contribution in [3.05, 3.63) is 28.7 Å². The topological polar surface area (TPSA) is 64.4 Å². The van der Waals surface area contributed by atoms with E-state index in [2.05, 4.69) is 4.90 Å². The number of aromatic nitrogens is 1. The summed E-state index contributed by atoms with van der Waals surface area (Å²) in [4.78, 5) is 13.5. The first-order valence-corrected chi connectivity index (χ1v) is 6.05. The summed E-state index contributed by atoms with van der Waals surface area (Å²) in [6.45, 7) is 2.87. The van der Waals surface area contributed by atoms with Crippen molar-refractivity contribution in [2.24, 2.45) is 12.8 Å². The molecular formula is C13H19N3O2. The fraction of sp³-hybridized carbons (Fsp3) is 0.462. The van der Waals surface area contributed by atoms with E-state index in [4.69, 9.17) is 10.2 Å². The van der Waals surface area contributed by atoms with E-state index in [1.54, 1.807) is 7.05 Å². The fourth-order valence-corrected chi connectivity index (χ4v) is 1.89. The predicted octanol–water partition coefficient (Wildman–Crippen LogP) is 1.30. The molecule has 18 heavy (non-hydrogen) atoms. The van der Waals surface area contributed by atoms with Gasteiger partial charge in [-0.1, -0.05) is 0 Å². The quantitative estimate of drug-likeness (QED) is 0.887. The van der Waals surface area contributed by atoms with Crippen LogP contribution < -0.4 is 16.4 Å². The number of nitrogens with zero attached hydrogens (tertiary/aromatic N) is 2. The van der Waals surface area contributed by atoms with Gasteiger partial charge in [0.15, 0.2) is 5.58 Å². The number of oxazole rings is 1. The molecule has 1 atom stereocenters. The molecule has 0 bridgehead atoms. The molecule has 0 fully saturated rings. The summed E-state index contributed by atoms with van der Waals surface area (Å²) >= 11 is 0. The Hall–Kier alpha value is -1.75. The van der Waals surface area contributed by atoms with Crippen molar-refractivity contribution < 1.29 is 4.42 Å². The highest BCUT2D eigenvalue weighted by molar-refractivity contribution is 5.77. The molecule has 0 saturated heterocycles. The molecule has 1 heterocycles. The number of nitrogens with two attached hydrogens (primary N) is 1. The molecular weight excluding hydrogens is 230 g/mol. The first-order chi connectivity index (χ1) is 8.49. The highest BCUT2D eigenvalue weighted by Crippen LogP contribution is 2.20. The smallest absolute Gasteiger partial charge is 0.408 e. The lowest BCUT2D eigenvalue weighted by atomic mass is 10.2. The first kappa shape index (κ1) is 12.7. The first-order valence-electron chi connectivity index (χ1n) is 6.05. The maximum absolute atomic E-state index is 11.4. The van der Waals surface area contributed by atoms with Gasteiger partial charge in [0, 0.05) is 38.4 Å². The Labute approximate surface area is 106 Å². The van der Waals surface area contributed by atoms with Crippen molar-refractivity contribution in [2.45, 2.75) is 19.4 Å². The number of fused-ring (bicyclic) bond motifs is 1. The summed E-state index contributed by atoms with van der Waals surface area (Å²) < 4.78 is 6.67. The van der Waals surface area contributed by atoms with Gasteiger partial charge in [0.05, 0.1) is 5.52 Å². The molecule has 0 spiro atoms. The van der Waals surface area contributed by atoms with Gasteiger partial charge in [-0.3, -0.25) is 4.57 Å². The molecule has 0 aliphatic rings. The van der Waals surface area contributed by atoms with Crippen LogP contribution in [0, 0.1) is 0 Å². The average molecular weight is 249 g/mol. The molecule has 0 aliphatic carbocycles. The highest BCUT2D eigenvalue weighted by atomic mass is 16.4. The van der Waals surface area contributed by atoms with Crippen molar-refractivity contribution in [3.63, 3.8) is 0 Å². The third-order valence-corrected chi connectivity index (χ3v) is 3.14. The van der Waals surface area contributed by atoms with E-state index in [0.717, 1.165) is 24.2 Å². The number of aryl methyl sites for hydroxylation is 1. The summed E-state index contributed by atoms with van der Waals surface area (Å²) in [5.74, 6) is -0.333. The zero-order chi connectivity index (χ0) is 13.3. The summed E-state index contributed by atoms with van der Waals surface area (Å²) in [7, 11) is 3.71. The third kappa shape index (κ3) is 2.41. The van der Waals surface area contributed by atoms with Crippen LogP contribution >= 0.6 is 0 Å². The van der Waals surface area contributed by atoms with Gasteiger partial charge < -0.3 is 15.1 Å². The number of anilines is 1. The fourth-order valence-electron chi connectivity index (χ4n) is 1.89. The van der Waals surface area contributed by atoms with Gasteiger partial charge in [0.1, 0.15) is 0 Å². The van der Waals surface area contributed by atoms with Crippen LogP contribution in [0.4, 0.5) is 5.69 Å². The van der Waals surface area contributed by atoms with Gasteiger partial charge in [-0.25, -0.2) is 4.79 Å². The normalized spacial score (nSPS) is 12.9. The van der Waals surface area contributed by atoms with Gasteiger partial charge >= 0.3 is 5.76 Å². The summed E-state index contributed by atoms with van der Waals surface area (Å²) in [6.07, 6.45) is 0.924. The second-order valence-corrected chi connectivity index (χ2v) is 4.77. The Morgan fingerprint density at radius 1 is 1.50 bits per heavy atom. The van der Waals surface area contributed by atoms with Crippen molar-refractivity contribution in [1.29, 1.82) is 0 Å². The lowest BCUT2D eigenvalue weighted by Gasteiger charge is -2.20. The lowest BCUT2D eigenvalue weighted by molar-refractivity contribution is 0.528. The van der Waals surface area contributed by atoms with Gasteiger partial charge in [-0.15, -0.1) is 0 Å². The van der Waals surface area contributed by atoms with Gasteiger partial charge in [-0.05, 0) is 25.5 Å². The average Bonchev–Trinajstić information content (AvgIpc) is 2.61. The van der Waals surface area contributed by atoms with Crippen molar-refractivity contribution >= 4 is 16.8 Å². The van der Waals surface area contributed by atoms with Crippen LogP contribution in [0.2, 0.25) is 0 Å². The Bertz CT molecular complexity index is 598. The lowest BCUT2D eigenvalue weighted by Crippen LogP contribution is -2.25. The summed E-state index contributed by atoms with van der Waals surface area (Å²) in [5, 5.41) is 0. The Kier molecular flexibility index (Phi) is 3.43. The van der Waals surface area contributed by atoms with Gasteiger partial charge in [0.2, 0.25) is 0 Å². The van der Waals surface area contributed by atoms with Crippen LogP contribution in [0.1, 0.15) is 13.3 Å². The number of benzene rings is 1. The highest BCUT2D eigenvalue weighted by Gasteiger charge is 2.08. The van der Waals surface area contributed by atoms with Crippen molar-refractivity contribution in [1.82, 2.24) is 4.57 Å². The third-order valence-electron chi connectivity index (χ3n) is 3.14. The molecule has 0 saturated carbocycles. The second-order valence-electron chi connectivity index (χ2n) is 4.77. The van der Waals surface area contributed by atoms with Crippen LogP contribution in [0.15, 0.2) is 27.4 Å². The summed E-state index contributed by atoms with van der Waals surface area (Å²) in [6, 6.07) is 5.96. The molecule has 2 N–H and O–H groups in total. The standard InChI is InChI=1S/C13H19N3O2/c1-9(14)6-7-15(2)10-4-5-11-12(8-10)18-13(17)16(11)3/h4-5,8-9H,6-7,14H2,1-3H3. The number of rotatable bonds is 4. The Morgan fingerprint density at radius 2 is 2.22 bits per heavy atom. The molecule has 98 valence electrons. The molecule has 0 amide bonds. The molecule has 0 aliphatic heterocycles. The SMILES string of the molecule is CC(N)CCN(C)c1ccc2c(c1)oc(=O)n2C. The summed E-state index contributed by atoms with van der Waals surface area (Å²) in [5.41, 5.74) is 8.20. The second kappa shape index (κ2) is 4.86. The minimum Gasteiger partial charge on any atom is -0.408 e. The van der Waals surface area contributed by atoms with Gasteiger partial charge in [0.25, 0.3) is 0 Å². The van der Waals surface area contributed by atoms with E-state index in [-0.39, 0.29) is 11.8 Å². The minimum absolute atomic E-state index is 0.186. The monoisotopic (exact) mass is 249 g/mol. The van der Waals surface area contributed by atoms with Crippen molar-refractivity contribution in [3.8, 4) is 0 Å². The molecule has 1 unspecified atom stereocenters. The van der Waals surface area contributed by atoms with E-state index in [9.17, 15) is 4.79 Å². The maximum Gasteiger partial charge on any atom is 0.419 e. The van der Waals surface area contributed by atoms with E-state index in [1.165, 1.54) is 4.57 Å². The molecule has 1 aromatic carbocycles. The van der Waals surface area contributed by atoms with E-state index in [0.29, 0.717) is 5.58 Å². The van der Waals surface area contributed by atoms with Crippen LogP contribution in [0.5, 0.6) is 0 Å². The van der Waals surface area contributed by atoms with Crippen LogP contribution in [0.25, 0.3) is 11.1 Å². The van der Waals surface area contributed by atoms with E-state index >= 15 is 0 Å². The van der Waals surface area contributed by atoms with Crippen LogP contribution in [0.3, 0.4) is 0 Å². The Morgan fingerprint density at radius 3 is 2.89 bits per heavy atom. The maximum atomic E-state index is 11.4. The van der Waals surface area contributed by atoms with Crippen LogP contribution in [-0.2, 0) is 7.05 Å².